The minimum atomic E-state index is -0.173. The maximum absolute atomic E-state index is 9.04. The molecule has 0 aromatic carbocycles. The van der Waals surface area contributed by atoms with Crippen LogP contribution in [0.25, 0.3) is 0 Å². The lowest BCUT2D eigenvalue weighted by atomic mass is 9.73. The molecular weight excluding hydrogens is 194 g/mol. The first-order chi connectivity index (χ1) is 7.08. The van der Waals surface area contributed by atoms with Crippen LogP contribution in [0.5, 0.6) is 0 Å². The van der Waals surface area contributed by atoms with Crippen LogP contribution < -0.4 is 0 Å². The van der Waals surface area contributed by atoms with Crippen LogP contribution >= 0.6 is 0 Å². The van der Waals surface area contributed by atoms with Gasteiger partial charge in [-0.05, 0) is 50.4 Å². The average Bonchev–Trinajstić information content (AvgIpc) is 1.98. The van der Waals surface area contributed by atoms with E-state index in [9.17, 15) is 0 Å². The molecule has 0 radical (unpaired) electrons. The molecule has 0 aliphatic heterocycles. The molecule has 0 aromatic rings. The highest BCUT2D eigenvalue weighted by molar-refractivity contribution is 4.93. The molecule has 0 saturated heterocycles. The quantitative estimate of drug-likeness (QED) is 0.620. The summed E-state index contributed by atoms with van der Waals surface area (Å²) in [6, 6.07) is 2.40. The Hall–Kier alpha value is -0.510. The lowest BCUT2D eigenvalue weighted by molar-refractivity contribution is 0.201. The normalized spacial score (nSPS) is 14.9. The van der Waals surface area contributed by atoms with E-state index in [0.717, 1.165) is 12.3 Å². The standard InChI is InChI=1S/C15H29N/c1-12(2)8-14(4,5)9-13(3)10-15(6,7)11-16/h12-13H,8-10H2,1-7H3. The third kappa shape index (κ3) is 6.88. The van der Waals surface area contributed by atoms with Gasteiger partial charge in [-0.25, -0.2) is 0 Å². The zero-order valence-electron chi connectivity index (χ0n) is 12.2. The van der Waals surface area contributed by atoms with Crippen molar-refractivity contribution in [2.24, 2.45) is 22.7 Å². The van der Waals surface area contributed by atoms with E-state index in [-0.39, 0.29) is 5.41 Å². The van der Waals surface area contributed by atoms with E-state index < -0.39 is 0 Å². The highest BCUT2D eigenvalue weighted by Gasteiger charge is 2.26. The second-order valence-corrected chi connectivity index (χ2v) is 7.27. The van der Waals surface area contributed by atoms with Crippen LogP contribution in [0.4, 0.5) is 0 Å². The summed E-state index contributed by atoms with van der Waals surface area (Å²) >= 11 is 0. The Bertz CT molecular complexity index is 243. The molecule has 0 rings (SSSR count). The fourth-order valence-electron chi connectivity index (χ4n) is 3.12. The van der Waals surface area contributed by atoms with Gasteiger partial charge in [0.1, 0.15) is 0 Å². The molecule has 94 valence electrons. The molecule has 1 heteroatoms. The summed E-state index contributed by atoms with van der Waals surface area (Å²) in [5.41, 5.74) is 0.229. The van der Waals surface area contributed by atoms with Crippen LogP contribution in [-0.2, 0) is 0 Å². The zero-order chi connectivity index (χ0) is 13.0. The average molecular weight is 223 g/mol. The number of nitrogens with zero attached hydrogens (tertiary/aromatic N) is 1. The van der Waals surface area contributed by atoms with Crippen LogP contribution in [0.2, 0.25) is 0 Å². The van der Waals surface area contributed by atoms with Crippen molar-refractivity contribution in [1.82, 2.24) is 0 Å². The van der Waals surface area contributed by atoms with Crippen LogP contribution in [0.3, 0.4) is 0 Å². The fourth-order valence-corrected chi connectivity index (χ4v) is 3.12. The number of rotatable bonds is 6. The van der Waals surface area contributed by atoms with Crippen molar-refractivity contribution in [3.63, 3.8) is 0 Å². The molecule has 1 nitrogen and oxygen atoms in total. The minimum Gasteiger partial charge on any atom is -0.198 e. The van der Waals surface area contributed by atoms with Crippen LogP contribution in [0, 0.1) is 34.0 Å². The number of hydrogen-bond acceptors (Lipinski definition) is 1. The van der Waals surface area contributed by atoms with Crippen LogP contribution in [-0.4, -0.2) is 0 Å². The van der Waals surface area contributed by atoms with Gasteiger partial charge < -0.3 is 0 Å². The molecule has 1 atom stereocenters. The summed E-state index contributed by atoms with van der Waals surface area (Å²) in [6.45, 7) is 15.6. The smallest absolute Gasteiger partial charge is 0.0684 e. The highest BCUT2D eigenvalue weighted by atomic mass is 14.4. The maximum Gasteiger partial charge on any atom is 0.0684 e. The van der Waals surface area contributed by atoms with Gasteiger partial charge in [-0.3, -0.25) is 0 Å². The van der Waals surface area contributed by atoms with Gasteiger partial charge >= 0.3 is 0 Å². The molecule has 0 saturated carbocycles. The molecule has 0 aliphatic carbocycles. The summed E-state index contributed by atoms with van der Waals surface area (Å²) in [4.78, 5) is 0. The fraction of sp³-hybridized carbons (Fsp3) is 0.933. The Labute approximate surface area is 102 Å². The third-order valence-corrected chi connectivity index (χ3v) is 3.02. The molecule has 1 unspecified atom stereocenters. The predicted molar refractivity (Wildman–Crippen MR) is 71.0 cm³/mol. The van der Waals surface area contributed by atoms with Crippen molar-refractivity contribution in [3.8, 4) is 6.07 Å². The van der Waals surface area contributed by atoms with E-state index in [1.165, 1.54) is 12.8 Å². The molecule has 16 heavy (non-hydrogen) atoms. The highest BCUT2D eigenvalue weighted by Crippen LogP contribution is 2.36. The lowest BCUT2D eigenvalue weighted by Crippen LogP contribution is -2.21. The van der Waals surface area contributed by atoms with Gasteiger partial charge in [-0.2, -0.15) is 5.26 Å². The summed E-state index contributed by atoms with van der Waals surface area (Å²) in [6.07, 6.45) is 3.49. The summed E-state index contributed by atoms with van der Waals surface area (Å²) < 4.78 is 0. The lowest BCUT2D eigenvalue weighted by Gasteiger charge is -2.31. The molecule has 0 aromatic heterocycles. The van der Waals surface area contributed by atoms with Crippen molar-refractivity contribution in [2.45, 2.75) is 67.7 Å². The van der Waals surface area contributed by atoms with E-state index in [4.69, 9.17) is 5.26 Å². The van der Waals surface area contributed by atoms with Crippen molar-refractivity contribution < 1.29 is 0 Å². The first kappa shape index (κ1) is 15.5. The SMILES string of the molecule is CC(C)CC(C)(C)CC(C)CC(C)(C)C#N. The van der Waals surface area contributed by atoms with E-state index >= 15 is 0 Å². The second kappa shape index (κ2) is 5.71. The first-order valence-corrected chi connectivity index (χ1v) is 6.49. The molecule has 0 N–H and O–H groups in total. The van der Waals surface area contributed by atoms with Crippen molar-refractivity contribution in [1.29, 1.82) is 5.26 Å². The molecule has 0 spiro atoms. The zero-order valence-corrected chi connectivity index (χ0v) is 12.2. The second-order valence-electron chi connectivity index (χ2n) is 7.27. The molecular formula is C15H29N. The third-order valence-electron chi connectivity index (χ3n) is 3.02. The summed E-state index contributed by atoms with van der Waals surface area (Å²) in [5.74, 6) is 1.38. The Balaban J connectivity index is 4.24. The predicted octanol–water partition coefficient (Wildman–Crippen LogP) is 5.02. The summed E-state index contributed by atoms with van der Waals surface area (Å²) in [5, 5.41) is 9.04. The Morgan fingerprint density at radius 2 is 1.44 bits per heavy atom. The van der Waals surface area contributed by atoms with Crippen molar-refractivity contribution in [3.05, 3.63) is 0 Å². The van der Waals surface area contributed by atoms with Crippen molar-refractivity contribution in [2.75, 3.05) is 0 Å². The van der Waals surface area contributed by atoms with E-state index in [1.54, 1.807) is 0 Å². The molecule has 0 aliphatic rings. The van der Waals surface area contributed by atoms with E-state index in [2.05, 4.69) is 40.7 Å². The number of nitriles is 1. The maximum atomic E-state index is 9.04. The molecule has 0 amide bonds. The number of hydrogen-bond donors (Lipinski definition) is 0. The van der Waals surface area contributed by atoms with Gasteiger partial charge in [0.25, 0.3) is 0 Å². The van der Waals surface area contributed by atoms with Gasteiger partial charge in [0.15, 0.2) is 0 Å². The largest absolute Gasteiger partial charge is 0.198 e. The van der Waals surface area contributed by atoms with Crippen molar-refractivity contribution >= 4 is 0 Å². The van der Waals surface area contributed by atoms with Gasteiger partial charge in [-0.15, -0.1) is 0 Å². The summed E-state index contributed by atoms with van der Waals surface area (Å²) in [7, 11) is 0. The monoisotopic (exact) mass is 223 g/mol. The molecule has 0 heterocycles. The van der Waals surface area contributed by atoms with Gasteiger partial charge in [-0.1, -0.05) is 34.6 Å². The van der Waals surface area contributed by atoms with E-state index in [1.807, 2.05) is 13.8 Å². The van der Waals surface area contributed by atoms with Gasteiger partial charge in [0.05, 0.1) is 11.5 Å². The van der Waals surface area contributed by atoms with Gasteiger partial charge in [0, 0.05) is 0 Å². The van der Waals surface area contributed by atoms with Crippen LogP contribution in [0.1, 0.15) is 67.7 Å². The van der Waals surface area contributed by atoms with Crippen LogP contribution in [0.15, 0.2) is 0 Å². The molecule has 0 bridgehead atoms. The minimum absolute atomic E-state index is 0.173. The molecule has 0 fully saturated rings. The Morgan fingerprint density at radius 1 is 0.938 bits per heavy atom. The Morgan fingerprint density at radius 3 is 1.81 bits per heavy atom. The van der Waals surface area contributed by atoms with E-state index in [0.29, 0.717) is 11.3 Å². The Kier molecular flexibility index (Phi) is 5.53. The topological polar surface area (TPSA) is 23.8 Å². The van der Waals surface area contributed by atoms with Gasteiger partial charge in [0.2, 0.25) is 0 Å². The first-order valence-electron chi connectivity index (χ1n) is 6.49.